The second-order valence-corrected chi connectivity index (χ2v) is 4.25. The number of nitrogens with zero attached hydrogens (tertiary/aromatic N) is 1. The molecule has 0 atom stereocenters. The number of amides is 2. The van der Waals surface area contributed by atoms with E-state index in [-0.39, 0.29) is 5.91 Å². The maximum atomic E-state index is 11.9. The molecule has 0 aliphatic rings. The normalized spacial score (nSPS) is 9.69. The molecule has 4 nitrogen and oxygen atoms in total. The molecule has 0 spiro atoms. The first-order valence-electron chi connectivity index (χ1n) is 4.70. The molecule has 1 aromatic rings. The first-order valence-corrected chi connectivity index (χ1v) is 5.92. The Morgan fingerprint density at radius 2 is 2.12 bits per heavy atom. The lowest BCUT2D eigenvalue weighted by Gasteiger charge is -2.14. The van der Waals surface area contributed by atoms with Crippen LogP contribution in [0.15, 0.2) is 23.1 Å². The highest BCUT2D eigenvalue weighted by atomic mass is 32.2. The van der Waals surface area contributed by atoms with Gasteiger partial charge >= 0.3 is 0 Å². The summed E-state index contributed by atoms with van der Waals surface area (Å²) < 4.78 is 0. The predicted molar refractivity (Wildman–Crippen MR) is 65.9 cm³/mol. The molecule has 0 heterocycles. The molecule has 1 rings (SSSR count). The van der Waals surface area contributed by atoms with Crippen molar-refractivity contribution in [3.05, 3.63) is 23.8 Å². The van der Waals surface area contributed by atoms with Crippen LogP contribution in [0, 0.1) is 0 Å². The van der Waals surface area contributed by atoms with E-state index >= 15 is 0 Å². The number of carbonyl (C=O) groups excluding carboxylic acids is 2. The predicted octanol–water partition coefficient (Wildman–Crippen LogP) is 1.68. The van der Waals surface area contributed by atoms with E-state index in [9.17, 15) is 9.59 Å². The van der Waals surface area contributed by atoms with Crippen LogP contribution in [0.2, 0.25) is 0 Å². The van der Waals surface area contributed by atoms with E-state index in [1.54, 1.807) is 38.0 Å². The summed E-state index contributed by atoms with van der Waals surface area (Å²) in [6.45, 7) is 0. The first kappa shape index (κ1) is 12.6. The highest BCUT2D eigenvalue weighted by molar-refractivity contribution is 7.98. The van der Waals surface area contributed by atoms with Crippen LogP contribution >= 0.6 is 11.8 Å². The monoisotopic (exact) mass is 238 g/mol. The Morgan fingerprint density at radius 1 is 1.44 bits per heavy atom. The molecule has 0 aromatic heterocycles. The summed E-state index contributed by atoms with van der Waals surface area (Å²) in [5.41, 5.74) is 1.04. The Kier molecular flexibility index (Phi) is 4.37. The molecule has 16 heavy (non-hydrogen) atoms. The van der Waals surface area contributed by atoms with Crippen LogP contribution in [0.25, 0.3) is 0 Å². The van der Waals surface area contributed by atoms with Crippen LogP contribution in [-0.2, 0) is 4.79 Å². The topological polar surface area (TPSA) is 49.4 Å². The fourth-order valence-electron chi connectivity index (χ4n) is 1.26. The van der Waals surface area contributed by atoms with Gasteiger partial charge in [-0.25, -0.2) is 0 Å². The third kappa shape index (κ3) is 2.76. The average Bonchev–Trinajstić information content (AvgIpc) is 2.29. The fraction of sp³-hybridized carbons (Fsp3) is 0.273. The van der Waals surface area contributed by atoms with Gasteiger partial charge in [0.05, 0.1) is 11.3 Å². The average molecular weight is 238 g/mol. The van der Waals surface area contributed by atoms with Crippen LogP contribution in [-0.4, -0.2) is 37.6 Å². The number of thioether (sulfide) groups is 1. The quantitative estimate of drug-likeness (QED) is 0.641. The summed E-state index contributed by atoms with van der Waals surface area (Å²) in [5.74, 6) is -0.125. The van der Waals surface area contributed by atoms with E-state index < -0.39 is 0 Å². The first-order chi connectivity index (χ1) is 7.60. The van der Waals surface area contributed by atoms with Crippen molar-refractivity contribution < 1.29 is 9.59 Å². The minimum atomic E-state index is -0.125. The largest absolute Gasteiger partial charge is 0.345 e. The van der Waals surface area contributed by atoms with Crippen molar-refractivity contribution in [1.82, 2.24) is 4.90 Å². The summed E-state index contributed by atoms with van der Waals surface area (Å²) in [7, 11) is 3.36. The van der Waals surface area contributed by atoms with Gasteiger partial charge < -0.3 is 10.2 Å². The lowest BCUT2D eigenvalue weighted by molar-refractivity contribution is -0.105. The molecule has 0 unspecified atom stereocenters. The van der Waals surface area contributed by atoms with Crippen molar-refractivity contribution in [2.45, 2.75) is 4.90 Å². The van der Waals surface area contributed by atoms with Crippen molar-refractivity contribution in [2.75, 3.05) is 25.7 Å². The van der Waals surface area contributed by atoms with Gasteiger partial charge in [0, 0.05) is 19.0 Å². The number of anilines is 1. The molecule has 0 radical (unpaired) electrons. The van der Waals surface area contributed by atoms with E-state index in [1.165, 1.54) is 4.90 Å². The molecular formula is C11H14N2O2S. The van der Waals surface area contributed by atoms with Gasteiger partial charge in [-0.1, -0.05) is 0 Å². The van der Waals surface area contributed by atoms with E-state index in [1.807, 2.05) is 12.3 Å². The van der Waals surface area contributed by atoms with Gasteiger partial charge in [-0.05, 0) is 24.5 Å². The zero-order valence-electron chi connectivity index (χ0n) is 9.48. The van der Waals surface area contributed by atoms with E-state index in [2.05, 4.69) is 5.32 Å². The minimum absolute atomic E-state index is 0.125. The molecule has 86 valence electrons. The van der Waals surface area contributed by atoms with Crippen LogP contribution in [0.3, 0.4) is 0 Å². The van der Waals surface area contributed by atoms with Crippen molar-refractivity contribution in [3.63, 3.8) is 0 Å². The molecule has 0 saturated carbocycles. The van der Waals surface area contributed by atoms with Gasteiger partial charge in [0.1, 0.15) is 0 Å². The van der Waals surface area contributed by atoms with Gasteiger partial charge in [-0.2, -0.15) is 0 Å². The summed E-state index contributed by atoms with van der Waals surface area (Å²) in [6, 6.07) is 5.37. The zero-order valence-corrected chi connectivity index (χ0v) is 10.3. The van der Waals surface area contributed by atoms with Gasteiger partial charge in [0.2, 0.25) is 6.41 Å². The Hall–Kier alpha value is -1.49. The number of rotatable bonds is 4. The lowest BCUT2D eigenvalue weighted by Crippen LogP contribution is -2.22. The SMILES string of the molecule is CSc1ccc(NC=O)c(C(=O)N(C)C)c1. The molecule has 1 N–H and O–H groups in total. The number of hydrogen-bond donors (Lipinski definition) is 1. The third-order valence-electron chi connectivity index (χ3n) is 2.08. The van der Waals surface area contributed by atoms with Crippen molar-refractivity contribution in [3.8, 4) is 0 Å². The number of nitrogens with one attached hydrogen (secondary N) is 1. The number of hydrogen-bond acceptors (Lipinski definition) is 3. The Morgan fingerprint density at radius 3 is 2.62 bits per heavy atom. The van der Waals surface area contributed by atoms with Crippen LogP contribution in [0.4, 0.5) is 5.69 Å². The maximum Gasteiger partial charge on any atom is 0.255 e. The van der Waals surface area contributed by atoms with Gasteiger partial charge in [0.15, 0.2) is 0 Å². The minimum Gasteiger partial charge on any atom is -0.345 e. The number of carbonyl (C=O) groups is 2. The summed E-state index contributed by atoms with van der Waals surface area (Å²) in [5, 5.41) is 2.53. The standard InChI is InChI=1S/C11H14N2O2S/c1-13(2)11(15)9-6-8(16-3)4-5-10(9)12-7-14/h4-7H,1-3H3,(H,12,14). The highest BCUT2D eigenvalue weighted by Gasteiger charge is 2.13. The number of benzene rings is 1. The Labute approximate surface area is 99.0 Å². The molecular weight excluding hydrogens is 224 g/mol. The molecule has 2 amide bonds. The van der Waals surface area contributed by atoms with E-state index in [0.29, 0.717) is 17.7 Å². The van der Waals surface area contributed by atoms with Gasteiger partial charge in [-0.3, -0.25) is 9.59 Å². The second-order valence-electron chi connectivity index (χ2n) is 3.37. The Bertz CT molecular complexity index is 405. The van der Waals surface area contributed by atoms with Crippen LogP contribution in [0.1, 0.15) is 10.4 Å². The van der Waals surface area contributed by atoms with Crippen molar-refractivity contribution in [1.29, 1.82) is 0 Å². The van der Waals surface area contributed by atoms with Crippen molar-refractivity contribution in [2.24, 2.45) is 0 Å². The van der Waals surface area contributed by atoms with E-state index in [4.69, 9.17) is 0 Å². The summed E-state index contributed by atoms with van der Waals surface area (Å²) in [6.07, 6.45) is 2.51. The molecule has 0 bridgehead atoms. The Balaban J connectivity index is 3.19. The molecule has 0 fully saturated rings. The van der Waals surface area contributed by atoms with Gasteiger partial charge in [0.25, 0.3) is 5.91 Å². The maximum absolute atomic E-state index is 11.9. The van der Waals surface area contributed by atoms with Crippen LogP contribution < -0.4 is 5.32 Å². The van der Waals surface area contributed by atoms with Crippen molar-refractivity contribution >= 4 is 29.8 Å². The van der Waals surface area contributed by atoms with Gasteiger partial charge in [-0.15, -0.1) is 11.8 Å². The van der Waals surface area contributed by atoms with Crippen LogP contribution in [0.5, 0.6) is 0 Å². The lowest BCUT2D eigenvalue weighted by atomic mass is 10.1. The smallest absolute Gasteiger partial charge is 0.255 e. The zero-order chi connectivity index (χ0) is 12.1. The molecule has 1 aromatic carbocycles. The molecule has 0 aliphatic carbocycles. The molecule has 0 aliphatic heterocycles. The fourth-order valence-corrected chi connectivity index (χ4v) is 1.70. The molecule has 0 saturated heterocycles. The summed E-state index contributed by atoms with van der Waals surface area (Å²) >= 11 is 1.55. The second kappa shape index (κ2) is 5.55. The summed E-state index contributed by atoms with van der Waals surface area (Å²) in [4.78, 5) is 24.8. The van der Waals surface area contributed by atoms with E-state index in [0.717, 1.165) is 4.90 Å². The molecule has 5 heteroatoms. The third-order valence-corrected chi connectivity index (χ3v) is 2.80. The highest BCUT2D eigenvalue weighted by Crippen LogP contribution is 2.23.